The number of benzene rings is 2. The average molecular weight is 299 g/mol. The van der Waals surface area contributed by atoms with Gasteiger partial charge in [0.2, 0.25) is 0 Å². The SMILES string of the molecule is C[C@@]1(c2cccc(O)c2)CC[C@@](C)(c2cccc(O)c2)[NH+]1[O-]. The van der Waals surface area contributed by atoms with Gasteiger partial charge in [-0.2, -0.15) is 0 Å². The first kappa shape index (κ1) is 14.9. The van der Waals surface area contributed by atoms with Gasteiger partial charge in [-0.25, -0.2) is 0 Å². The Morgan fingerprint density at radius 3 is 1.64 bits per heavy atom. The van der Waals surface area contributed by atoms with Crippen molar-refractivity contribution < 1.29 is 15.3 Å². The molecular formula is C18H21NO3. The van der Waals surface area contributed by atoms with Crippen LogP contribution in [0.3, 0.4) is 0 Å². The first-order chi connectivity index (χ1) is 10.4. The minimum absolute atomic E-state index is 0.135. The summed E-state index contributed by atoms with van der Waals surface area (Å²) in [5.74, 6) is 0.356. The second-order valence-electron chi connectivity index (χ2n) is 6.59. The number of rotatable bonds is 2. The molecule has 1 aliphatic rings. The van der Waals surface area contributed by atoms with Gasteiger partial charge in [-0.1, -0.05) is 24.3 Å². The summed E-state index contributed by atoms with van der Waals surface area (Å²) < 4.78 is 0. The van der Waals surface area contributed by atoms with Crippen LogP contribution in [0.1, 0.15) is 37.8 Å². The highest BCUT2D eigenvalue weighted by molar-refractivity contribution is 5.34. The fourth-order valence-corrected chi connectivity index (χ4v) is 3.59. The first-order valence-corrected chi connectivity index (χ1v) is 7.50. The van der Waals surface area contributed by atoms with E-state index in [4.69, 9.17) is 0 Å². The van der Waals surface area contributed by atoms with Gasteiger partial charge < -0.3 is 20.5 Å². The van der Waals surface area contributed by atoms with Gasteiger partial charge in [-0.15, -0.1) is 0 Å². The van der Waals surface area contributed by atoms with Crippen molar-refractivity contribution >= 4 is 0 Å². The summed E-state index contributed by atoms with van der Waals surface area (Å²) in [6.45, 7) is 3.89. The van der Waals surface area contributed by atoms with Crippen LogP contribution < -0.4 is 5.06 Å². The smallest absolute Gasteiger partial charge is 0.121 e. The van der Waals surface area contributed by atoms with Crippen LogP contribution in [0.25, 0.3) is 0 Å². The quantitative estimate of drug-likeness (QED) is 0.746. The average Bonchev–Trinajstić information content (AvgIpc) is 2.74. The van der Waals surface area contributed by atoms with Crippen LogP contribution in [-0.4, -0.2) is 10.2 Å². The molecule has 3 rings (SSSR count). The molecular weight excluding hydrogens is 278 g/mol. The molecule has 2 aromatic carbocycles. The van der Waals surface area contributed by atoms with Gasteiger partial charge in [-0.3, -0.25) is 0 Å². The van der Waals surface area contributed by atoms with Gasteiger partial charge >= 0.3 is 0 Å². The Hall–Kier alpha value is -2.04. The van der Waals surface area contributed by atoms with Crippen molar-refractivity contribution in [2.24, 2.45) is 0 Å². The highest BCUT2D eigenvalue weighted by Gasteiger charge is 2.52. The Bertz CT molecular complexity index is 643. The molecule has 1 fully saturated rings. The molecule has 4 heteroatoms. The van der Waals surface area contributed by atoms with Gasteiger partial charge in [0.1, 0.15) is 22.6 Å². The van der Waals surface area contributed by atoms with Crippen molar-refractivity contribution in [1.29, 1.82) is 0 Å². The first-order valence-electron chi connectivity index (χ1n) is 7.50. The van der Waals surface area contributed by atoms with Crippen LogP contribution >= 0.6 is 0 Å². The number of nitrogens with one attached hydrogen (secondary N) is 1. The zero-order chi connectivity index (χ0) is 16.0. The van der Waals surface area contributed by atoms with Gasteiger partial charge in [-0.05, 0) is 38.1 Å². The normalized spacial score (nSPS) is 28.9. The van der Waals surface area contributed by atoms with E-state index in [1.54, 1.807) is 36.4 Å². The van der Waals surface area contributed by atoms with E-state index < -0.39 is 11.1 Å². The maximum absolute atomic E-state index is 13.2. The summed E-state index contributed by atoms with van der Waals surface area (Å²) in [5.41, 5.74) is 0.473. The summed E-state index contributed by atoms with van der Waals surface area (Å²) in [6, 6.07) is 13.9. The molecule has 1 saturated heterocycles. The highest BCUT2D eigenvalue weighted by atomic mass is 16.5. The number of quaternary nitrogens is 1. The van der Waals surface area contributed by atoms with Crippen molar-refractivity contribution in [3.8, 4) is 11.5 Å². The van der Waals surface area contributed by atoms with E-state index in [0.29, 0.717) is 0 Å². The summed E-state index contributed by atoms with van der Waals surface area (Å²) in [6.07, 6.45) is 1.45. The summed E-state index contributed by atoms with van der Waals surface area (Å²) in [7, 11) is 0. The van der Waals surface area contributed by atoms with E-state index in [0.717, 1.165) is 24.0 Å². The van der Waals surface area contributed by atoms with E-state index >= 15 is 0 Å². The lowest BCUT2D eigenvalue weighted by atomic mass is 9.89. The number of hydrogen-bond acceptors (Lipinski definition) is 3. The fraction of sp³-hybridized carbons (Fsp3) is 0.333. The maximum Gasteiger partial charge on any atom is 0.121 e. The van der Waals surface area contributed by atoms with Crippen molar-refractivity contribution in [3.63, 3.8) is 0 Å². The second kappa shape index (κ2) is 5.00. The third kappa shape index (κ3) is 2.16. The molecule has 1 heterocycles. The lowest BCUT2D eigenvalue weighted by Crippen LogP contribution is -3.17. The highest BCUT2D eigenvalue weighted by Crippen LogP contribution is 2.39. The van der Waals surface area contributed by atoms with Gasteiger partial charge in [0.05, 0.1) is 0 Å². The molecule has 116 valence electrons. The molecule has 0 aromatic heterocycles. The minimum Gasteiger partial charge on any atom is -0.633 e. The summed E-state index contributed by atoms with van der Waals surface area (Å²) in [5, 5.41) is 32.8. The van der Waals surface area contributed by atoms with Crippen molar-refractivity contribution in [3.05, 3.63) is 64.9 Å². The Kier molecular flexibility index (Phi) is 3.38. The molecule has 0 saturated carbocycles. The molecule has 0 unspecified atom stereocenters. The Morgan fingerprint density at radius 1 is 0.864 bits per heavy atom. The minimum atomic E-state index is -0.612. The molecule has 0 aliphatic carbocycles. The van der Waals surface area contributed by atoms with Crippen LogP contribution in [0.2, 0.25) is 0 Å². The van der Waals surface area contributed by atoms with E-state index in [9.17, 15) is 15.4 Å². The molecule has 1 aliphatic heterocycles. The summed E-state index contributed by atoms with van der Waals surface area (Å²) >= 11 is 0. The zero-order valence-corrected chi connectivity index (χ0v) is 12.8. The molecule has 3 N–H and O–H groups in total. The van der Waals surface area contributed by atoms with E-state index in [-0.39, 0.29) is 16.6 Å². The molecule has 2 aromatic rings. The fourth-order valence-electron chi connectivity index (χ4n) is 3.59. The molecule has 22 heavy (non-hydrogen) atoms. The molecule has 4 nitrogen and oxygen atoms in total. The van der Waals surface area contributed by atoms with Crippen LogP contribution in [0.5, 0.6) is 11.5 Å². The topological polar surface area (TPSA) is 68.0 Å². The second-order valence-corrected chi connectivity index (χ2v) is 6.59. The van der Waals surface area contributed by atoms with Crippen LogP contribution in [0.4, 0.5) is 0 Å². The molecule has 0 spiro atoms. The van der Waals surface area contributed by atoms with Gasteiger partial charge in [0.25, 0.3) is 0 Å². The van der Waals surface area contributed by atoms with Crippen molar-refractivity contribution in [1.82, 2.24) is 0 Å². The number of hydrogen-bond donors (Lipinski definition) is 3. The molecule has 0 amide bonds. The zero-order valence-electron chi connectivity index (χ0n) is 12.8. The van der Waals surface area contributed by atoms with Gasteiger partial charge in [0, 0.05) is 24.0 Å². The van der Waals surface area contributed by atoms with E-state index in [2.05, 4.69) is 0 Å². The lowest BCUT2D eigenvalue weighted by Gasteiger charge is -2.44. The third-order valence-corrected chi connectivity index (χ3v) is 5.09. The van der Waals surface area contributed by atoms with E-state index in [1.165, 1.54) is 0 Å². The van der Waals surface area contributed by atoms with Crippen molar-refractivity contribution in [2.75, 3.05) is 0 Å². The monoisotopic (exact) mass is 299 g/mol. The van der Waals surface area contributed by atoms with Crippen LogP contribution in [-0.2, 0) is 11.1 Å². The van der Waals surface area contributed by atoms with Gasteiger partial charge in [0.15, 0.2) is 0 Å². The number of aromatic hydroxyl groups is 2. The number of phenols is 2. The van der Waals surface area contributed by atoms with Crippen molar-refractivity contribution in [2.45, 2.75) is 37.8 Å². The summed E-state index contributed by atoms with van der Waals surface area (Å²) in [4.78, 5) is 0. The predicted octanol–water partition coefficient (Wildman–Crippen LogP) is 2.40. The number of hydroxylamine groups is 2. The maximum atomic E-state index is 13.2. The Balaban J connectivity index is 2.02. The largest absolute Gasteiger partial charge is 0.633 e. The third-order valence-electron chi connectivity index (χ3n) is 5.09. The standard InChI is InChI=1S/C18H21NO3/c1-17(13-5-3-7-15(20)11-13)9-10-18(2,19(17)22)14-6-4-8-16(21)12-14/h3-8,11-12,19-21H,9-10H2,1-2H3/t17-,18-/m0/s1. The molecule has 0 bridgehead atoms. The van der Waals surface area contributed by atoms with Crippen LogP contribution in [0, 0.1) is 5.21 Å². The molecule has 0 radical (unpaired) electrons. The predicted molar refractivity (Wildman–Crippen MR) is 84.5 cm³/mol. The molecule has 2 atom stereocenters. The number of phenolic OH excluding ortho intramolecular Hbond substituents is 2. The Morgan fingerprint density at radius 2 is 1.27 bits per heavy atom. The lowest BCUT2D eigenvalue weighted by molar-refractivity contribution is -0.952. The Labute approximate surface area is 130 Å². The van der Waals surface area contributed by atoms with E-state index in [1.807, 2.05) is 26.0 Å². The van der Waals surface area contributed by atoms with Crippen LogP contribution in [0.15, 0.2) is 48.5 Å².